The van der Waals surface area contributed by atoms with Crippen LogP contribution in [0.25, 0.3) is 0 Å². The molecule has 18 heavy (non-hydrogen) atoms. The van der Waals surface area contributed by atoms with Crippen molar-refractivity contribution in [1.82, 2.24) is 0 Å². The van der Waals surface area contributed by atoms with Crippen molar-refractivity contribution in [3.8, 4) is 5.75 Å². The molecule has 2 N–H and O–H groups in total. The molecule has 1 aromatic carbocycles. The van der Waals surface area contributed by atoms with E-state index in [1.807, 2.05) is 0 Å². The number of hydrogen-bond donors (Lipinski definition) is 1. The molecule has 2 rings (SSSR count). The lowest BCUT2D eigenvalue weighted by Gasteiger charge is -2.36. The second-order valence-electron chi connectivity index (χ2n) is 4.45. The van der Waals surface area contributed by atoms with Gasteiger partial charge >= 0.3 is 0 Å². The smallest absolute Gasteiger partial charge is 0.268 e. The number of nitrogens with zero attached hydrogens (tertiary/aromatic N) is 1. The minimum Gasteiger partial charge on any atom is -0.479 e. The van der Waals surface area contributed by atoms with Gasteiger partial charge in [0.2, 0.25) is 0 Å². The van der Waals surface area contributed by atoms with Gasteiger partial charge in [0.1, 0.15) is 11.4 Å². The summed E-state index contributed by atoms with van der Waals surface area (Å²) in [6.45, 7) is 4.81. The number of amides is 1. The molecule has 0 fully saturated rings. The van der Waals surface area contributed by atoms with Crippen LogP contribution in [0.2, 0.25) is 0 Å². The number of carbonyl (C=O) groups excluding carboxylic acids is 2. The van der Waals surface area contributed by atoms with E-state index in [9.17, 15) is 9.59 Å². The second-order valence-corrected chi connectivity index (χ2v) is 4.45. The molecule has 1 aliphatic heterocycles. The van der Waals surface area contributed by atoms with Crippen LogP contribution in [0, 0.1) is 0 Å². The highest BCUT2D eigenvalue weighted by atomic mass is 16.5. The fourth-order valence-electron chi connectivity index (χ4n) is 2.01. The van der Waals surface area contributed by atoms with Gasteiger partial charge in [-0.2, -0.15) is 0 Å². The summed E-state index contributed by atoms with van der Waals surface area (Å²) in [5.41, 5.74) is 6.81. The Morgan fingerprint density at radius 3 is 2.78 bits per heavy atom. The Balaban J connectivity index is 2.58. The summed E-state index contributed by atoms with van der Waals surface area (Å²) in [5, 5.41) is 0. The van der Waals surface area contributed by atoms with Crippen molar-refractivity contribution in [2.75, 3.05) is 10.6 Å². The summed E-state index contributed by atoms with van der Waals surface area (Å²) >= 11 is 0. The maximum absolute atomic E-state index is 12.2. The molecular formula is C13H16N2O3. The fourth-order valence-corrected chi connectivity index (χ4v) is 2.01. The van der Waals surface area contributed by atoms with Crippen LogP contribution in [0.15, 0.2) is 18.2 Å². The van der Waals surface area contributed by atoms with Crippen LogP contribution < -0.4 is 15.4 Å². The Morgan fingerprint density at radius 1 is 1.50 bits per heavy atom. The number of ether oxygens (including phenoxy) is 1. The van der Waals surface area contributed by atoms with E-state index < -0.39 is 12.1 Å². The Kier molecular flexibility index (Phi) is 2.98. The number of para-hydroxylation sites is 1. The monoisotopic (exact) mass is 248 g/mol. The lowest BCUT2D eigenvalue weighted by Crippen LogP contribution is -2.51. The van der Waals surface area contributed by atoms with E-state index >= 15 is 0 Å². The van der Waals surface area contributed by atoms with Crippen molar-refractivity contribution in [3.05, 3.63) is 18.2 Å². The fraction of sp³-hybridized carbons (Fsp3) is 0.385. The summed E-state index contributed by atoms with van der Waals surface area (Å²) in [6, 6.07) is 4.64. The largest absolute Gasteiger partial charge is 0.479 e. The molecule has 5 heteroatoms. The van der Waals surface area contributed by atoms with E-state index in [0.717, 1.165) is 0 Å². The van der Waals surface area contributed by atoms with Gasteiger partial charge in [0.25, 0.3) is 5.91 Å². The molecule has 1 amide bonds. The number of carbonyl (C=O) groups is 2. The summed E-state index contributed by atoms with van der Waals surface area (Å²) in [7, 11) is 0. The van der Waals surface area contributed by atoms with Crippen molar-refractivity contribution in [1.29, 1.82) is 0 Å². The van der Waals surface area contributed by atoms with Crippen molar-refractivity contribution < 1.29 is 14.3 Å². The first-order valence-electron chi connectivity index (χ1n) is 5.82. The van der Waals surface area contributed by atoms with Crippen molar-refractivity contribution in [2.45, 2.75) is 32.9 Å². The maximum atomic E-state index is 12.2. The van der Waals surface area contributed by atoms with Gasteiger partial charge in [-0.3, -0.25) is 14.5 Å². The molecule has 0 radical (unpaired) electrons. The zero-order valence-electron chi connectivity index (χ0n) is 10.6. The minimum atomic E-state index is -0.610. The van der Waals surface area contributed by atoms with E-state index in [1.165, 1.54) is 11.8 Å². The van der Waals surface area contributed by atoms with Crippen molar-refractivity contribution >= 4 is 23.1 Å². The van der Waals surface area contributed by atoms with Crippen LogP contribution >= 0.6 is 0 Å². The Bertz CT molecular complexity index is 513. The van der Waals surface area contributed by atoms with Crippen LogP contribution in [-0.2, 0) is 9.59 Å². The molecular weight excluding hydrogens is 232 g/mol. The van der Waals surface area contributed by atoms with Crippen molar-refractivity contribution in [3.63, 3.8) is 0 Å². The van der Waals surface area contributed by atoms with Gasteiger partial charge in [0, 0.05) is 0 Å². The molecule has 5 nitrogen and oxygen atoms in total. The van der Waals surface area contributed by atoms with E-state index in [4.69, 9.17) is 10.5 Å². The molecule has 0 bridgehead atoms. The van der Waals surface area contributed by atoms with Gasteiger partial charge in [-0.05, 0) is 32.9 Å². The molecule has 0 saturated heterocycles. The average Bonchev–Trinajstić information content (AvgIpc) is 2.31. The number of benzene rings is 1. The van der Waals surface area contributed by atoms with Gasteiger partial charge < -0.3 is 10.5 Å². The van der Waals surface area contributed by atoms with Gasteiger partial charge in [0.05, 0.1) is 11.7 Å². The predicted molar refractivity (Wildman–Crippen MR) is 68.6 cm³/mol. The van der Waals surface area contributed by atoms with Crippen LogP contribution in [0.3, 0.4) is 0 Å². The standard InChI is InChI=1S/C13H16N2O3/c1-7(8(2)16)15-12-10(14)5-4-6-11(12)18-9(3)13(15)17/h4-7,9H,14H2,1-3H3. The molecule has 0 spiro atoms. The number of hydrogen-bond acceptors (Lipinski definition) is 4. The molecule has 96 valence electrons. The van der Waals surface area contributed by atoms with Gasteiger partial charge in [-0.15, -0.1) is 0 Å². The summed E-state index contributed by atoms with van der Waals surface area (Å²) in [4.78, 5) is 25.2. The topological polar surface area (TPSA) is 72.6 Å². The molecule has 0 saturated carbocycles. The normalized spacial score (nSPS) is 20.1. The average molecular weight is 248 g/mol. The number of fused-ring (bicyclic) bond motifs is 1. The number of ketones is 1. The van der Waals surface area contributed by atoms with Crippen LogP contribution in [0.5, 0.6) is 5.75 Å². The SMILES string of the molecule is CC(=O)C(C)N1C(=O)C(C)Oc2cccc(N)c21. The third-order valence-electron chi connectivity index (χ3n) is 3.14. The molecule has 1 aromatic rings. The first-order chi connectivity index (χ1) is 8.43. The molecule has 1 aliphatic rings. The zero-order chi connectivity index (χ0) is 13.4. The molecule has 2 atom stereocenters. The highest BCUT2D eigenvalue weighted by Crippen LogP contribution is 2.39. The highest BCUT2D eigenvalue weighted by molar-refractivity contribution is 6.07. The number of anilines is 2. The first-order valence-corrected chi connectivity index (χ1v) is 5.82. The predicted octanol–water partition coefficient (Wildman–Crippen LogP) is 1.36. The van der Waals surface area contributed by atoms with Crippen molar-refractivity contribution in [2.24, 2.45) is 0 Å². The summed E-state index contributed by atoms with van der Waals surface area (Å²) in [5.74, 6) is 0.199. The zero-order valence-corrected chi connectivity index (χ0v) is 10.6. The highest BCUT2D eigenvalue weighted by Gasteiger charge is 2.37. The summed E-state index contributed by atoms with van der Waals surface area (Å²) < 4.78 is 5.50. The molecule has 1 heterocycles. The Morgan fingerprint density at radius 2 is 2.17 bits per heavy atom. The van der Waals surface area contributed by atoms with Crippen LogP contribution in [-0.4, -0.2) is 23.8 Å². The van der Waals surface area contributed by atoms with E-state index in [-0.39, 0.29) is 11.7 Å². The Hall–Kier alpha value is -2.04. The minimum absolute atomic E-state index is 0.0911. The summed E-state index contributed by atoms with van der Waals surface area (Å²) in [6.07, 6.45) is -0.610. The van der Waals surface area contributed by atoms with Gasteiger partial charge in [0.15, 0.2) is 11.9 Å². The first kappa shape index (κ1) is 12.4. The second kappa shape index (κ2) is 4.33. The van der Waals surface area contributed by atoms with E-state index in [1.54, 1.807) is 32.0 Å². The van der Waals surface area contributed by atoms with E-state index in [0.29, 0.717) is 17.1 Å². The van der Waals surface area contributed by atoms with Gasteiger partial charge in [-0.1, -0.05) is 6.07 Å². The third-order valence-corrected chi connectivity index (χ3v) is 3.14. The van der Waals surface area contributed by atoms with Gasteiger partial charge in [-0.25, -0.2) is 0 Å². The Labute approximate surface area is 106 Å². The van der Waals surface area contributed by atoms with Crippen LogP contribution in [0.4, 0.5) is 11.4 Å². The van der Waals surface area contributed by atoms with Crippen LogP contribution in [0.1, 0.15) is 20.8 Å². The number of nitrogens with two attached hydrogens (primary N) is 1. The lowest BCUT2D eigenvalue weighted by atomic mass is 10.1. The molecule has 0 aliphatic carbocycles. The third kappa shape index (κ3) is 1.81. The number of Topliss-reactive ketones (excluding diaryl/α,β-unsaturated/α-hetero) is 1. The molecule has 0 aromatic heterocycles. The quantitative estimate of drug-likeness (QED) is 0.802. The number of rotatable bonds is 2. The maximum Gasteiger partial charge on any atom is 0.268 e. The molecule has 2 unspecified atom stereocenters. The number of nitrogen functional groups attached to an aromatic ring is 1. The van der Waals surface area contributed by atoms with E-state index in [2.05, 4.69) is 0 Å². The lowest BCUT2D eigenvalue weighted by molar-refractivity contribution is -0.128.